The molecule has 2 amide bonds. The standard InChI is InChI=1S/C40H35N7O4S/c1-46(23-27-9-14-37-30(17-27)21-43-47(37)2)16-15-26-7-11-32(12-8-26)44-39(49)34-13-10-29(40(50)51-24-33-22-41-25-52-33)19-36(34)45-38(48)31-18-28-5-3-4-6-35(28)42-20-31/h3-14,17-22,25H,15-16,23-24H2,1-2H3,(H,44,49)(H,45,48). The molecule has 260 valence electrons. The van der Waals surface area contributed by atoms with Crippen molar-refractivity contribution in [3.05, 3.63) is 148 Å². The highest BCUT2D eigenvalue weighted by atomic mass is 32.1. The van der Waals surface area contributed by atoms with E-state index in [1.165, 1.54) is 41.3 Å². The molecule has 0 radical (unpaired) electrons. The molecule has 2 N–H and O–H groups in total. The van der Waals surface area contributed by atoms with Crippen molar-refractivity contribution in [1.82, 2.24) is 24.6 Å². The van der Waals surface area contributed by atoms with Crippen LogP contribution in [0.2, 0.25) is 0 Å². The number of aromatic nitrogens is 4. The van der Waals surface area contributed by atoms with Crippen molar-refractivity contribution in [2.24, 2.45) is 7.05 Å². The average Bonchev–Trinajstić information content (AvgIpc) is 3.82. The Bertz CT molecular complexity index is 2390. The van der Waals surface area contributed by atoms with Crippen LogP contribution in [0.5, 0.6) is 0 Å². The third-order valence-electron chi connectivity index (χ3n) is 8.69. The molecule has 0 aliphatic heterocycles. The van der Waals surface area contributed by atoms with Gasteiger partial charge in [0.25, 0.3) is 11.8 Å². The molecule has 11 nitrogen and oxygen atoms in total. The lowest BCUT2D eigenvalue weighted by atomic mass is 10.1. The molecule has 4 aromatic carbocycles. The van der Waals surface area contributed by atoms with E-state index >= 15 is 0 Å². The second kappa shape index (κ2) is 15.3. The van der Waals surface area contributed by atoms with Gasteiger partial charge in [-0.05, 0) is 79.2 Å². The summed E-state index contributed by atoms with van der Waals surface area (Å²) < 4.78 is 7.33. The molecule has 0 aliphatic carbocycles. The topological polar surface area (TPSA) is 131 Å². The smallest absolute Gasteiger partial charge is 0.338 e. The Balaban J connectivity index is 1.02. The summed E-state index contributed by atoms with van der Waals surface area (Å²) in [6, 6.07) is 27.8. The van der Waals surface area contributed by atoms with Gasteiger partial charge in [-0.1, -0.05) is 36.4 Å². The van der Waals surface area contributed by atoms with Crippen LogP contribution in [0, 0.1) is 0 Å². The predicted octanol–water partition coefficient (Wildman–Crippen LogP) is 7.11. The molecule has 12 heteroatoms. The molecule has 0 atom stereocenters. The number of fused-ring (bicyclic) bond motifs is 2. The summed E-state index contributed by atoms with van der Waals surface area (Å²) in [5, 5.41) is 12.0. The van der Waals surface area contributed by atoms with E-state index in [1.54, 1.807) is 17.8 Å². The fourth-order valence-electron chi connectivity index (χ4n) is 5.87. The quantitative estimate of drug-likeness (QED) is 0.128. The number of aryl methyl sites for hydroxylation is 1. The number of likely N-dealkylation sites (N-methyl/N-ethyl adjacent to an activating group) is 1. The van der Waals surface area contributed by atoms with Crippen LogP contribution in [0.4, 0.5) is 11.4 Å². The Morgan fingerprint density at radius 1 is 0.827 bits per heavy atom. The first kappa shape index (κ1) is 34.2. The first-order valence-electron chi connectivity index (χ1n) is 16.6. The van der Waals surface area contributed by atoms with Gasteiger partial charge in [-0.15, -0.1) is 11.3 Å². The first-order valence-corrected chi connectivity index (χ1v) is 17.5. The van der Waals surface area contributed by atoms with Crippen LogP contribution in [0.3, 0.4) is 0 Å². The molecule has 3 aromatic heterocycles. The van der Waals surface area contributed by atoms with Gasteiger partial charge < -0.3 is 20.3 Å². The summed E-state index contributed by atoms with van der Waals surface area (Å²) in [5.74, 6) is -1.52. The van der Waals surface area contributed by atoms with Crippen LogP contribution in [0.25, 0.3) is 21.8 Å². The number of anilines is 2. The van der Waals surface area contributed by atoms with Gasteiger partial charge in [0.05, 0.1) is 50.0 Å². The lowest BCUT2D eigenvalue weighted by molar-refractivity contribution is 0.0476. The Labute approximate surface area is 303 Å². The number of ether oxygens (including phenoxy) is 1. The van der Waals surface area contributed by atoms with Crippen molar-refractivity contribution in [2.45, 2.75) is 19.6 Å². The van der Waals surface area contributed by atoms with E-state index in [0.717, 1.165) is 51.8 Å². The van der Waals surface area contributed by atoms with Gasteiger partial charge in [0.1, 0.15) is 6.61 Å². The minimum Gasteiger partial charge on any atom is -0.456 e. The molecule has 0 aliphatic rings. The van der Waals surface area contributed by atoms with Gasteiger partial charge in [0, 0.05) is 49.0 Å². The number of pyridine rings is 1. The fourth-order valence-corrected chi connectivity index (χ4v) is 6.38. The molecule has 3 heterocycles. The molecule has 0 saturated carbocycles. The van der Waals surface area contributed by atoms with Crippen LogP contribution < -0.4 is 10.6 Å². The molecule has 0 saturated heterocycles. The molecular formula is C40H35N7O4S. The van der Waals surface area contributed by atoms with Crippen molar-refractivity contribution < 1.29 is 19.1 Å². The van der Waals surface area contributed by atoms with Gasteiger partial charge in [0.15, 0.2) is 0 Å². The van der Waals surface area contributed by atoms with Gasteiger partial charge in [-0.2, -0.15) is 5.10 Å². The summed E-state index contributed by atoms with van der Waals surface area (Å²) in [6.45, 7) is 1.73. The number of nitrogens with one attached hydrogen (secondary N) is 2. The first-order chi connectivity index (χ1) is 25.3. The zero-order chi connectivity index (χ0) is 36.0. The number of hydrogen-bond acceptors (Lipinski definition) is 9. The van der Waals surface area contributed by atoms with E-state index in [4.69, 9.17) is 4.74 Å². The Hall–Kier alpha value is -6.24. The fraction of sp³-hybridized carbons (Fsp3) is 0.150. The van der Waals surface area contributed by atoms with Gasteiger partial charge in [-0.3, -0.25) is 24.2 Å². The number of esters is 1. The van der Waals surface area contributed by atoms with Crippen LogP contribution in [-0.4, -0.2) is 56.0 Å². The second-order valence-electron chi connectivity index (χ2n) is 12.5. The van der Waals surface area contributed by atoms with Crippen molar-refractivity contribution in [1.29, 1.82) is 0 Å². The Kier molecular flexibility index (Phi) is 10.1. The number of thiazole rings is 1. The molecule has 0 unspecified atom stereocenters. The van der Waals surface area contributed by atoms with Crippen molar-refractivity contribution in [3.63, 3.8) is 0 Å². The van der Waals surface area contributed by atoms with Crippen LogP contribution >= 0.6 is 11.3 Å². The maximum Gasteiger partial charge on any atom is 0.338 e. The maximum absolute atomic E-state index is 13.6. The van der Waals surface area contributed by atoms with Gasteiger partial charge in [0.2, 0.25) is 0 Å². The predicted molar refractivity (Wildman–Crippen MR) is 203 cm³/mol. The highest BCUT2D eigenvalue weighted by Gasteiger charge is 2.19. The number of nitrogens with zero attached hydrogens (tertiary/aromatic N) is 5. The number of carbonyl (C=O) groups is 3. The summed E-state index contributed by atoms with van der Waals surface area (Å²) in [4.78, 5) is 51.5. The number of rotatable bonds is 12. The Morgan fingerprint density at radius 2 is 1.65 bits per heavy atom. The number of para-hydroxylation sites is 1. The number of carbonyl (C=O) groups excluding carboxylic acids is 3. The maximum atomic E-state index is 13.6. The van der Waals surface area contributed by atoms with Crippen molar-refractivity contribution >= 4 is 62.3 Å². The lowest BCUT2D eigenvalue weighted by Crippen LogP contribution is -2.20. The summed E-state index contributed by atoms with van der Waals surface area (Å²) in [5.41, 5.74) is 7.29. The molecule has 0 fully saturated rings. The molecular weight excluding hydrogens is 675 g/mol. The largest absolute Gasteiger partial charge is 0.456 e. The van der Waals surface area contributed by atoms with E-state index < -0.39 is 17.8 Å². The van der Waals surface area contributed by atoms with Crippen LogP contribution in [-0.2, 0) is 31.4 Å². The number of hydrogen-bond donors (Lipinski definition) is 2. The summed E-state index contributed by atoms with van der Waals surface area (Å²) in [7, 11) is 4.04. The van der Waals surface area contributed by atoms with Crippen LogP contribution in [0.15, 0.2) is 115 Å². The highest BCUT2D eigenvalue weighted by Crippen LogP contribution is 2.24. The average molecular weight is 710 g/mol. The van der Waals surface area contributed by atoms with Crippen molar-refractivity contribution in [2.75, 3.05) is 24.2 Å². The summed E-state index contributed by atoms with van der Waals surface area (Å²) in [6.07, 6.45) is 5.83. The van der Waals surface area contributed by atoms with E-state index in [0.29, 0.717) is 11.3 Å². The summed E-state index contributed by atoms with van der Waals surface area (Å²) >= 11 is 1.37. The van der Waals surface area contributed by atoms with Crippen molar-refractivity contribution in [3.8, 4) is 0 Å². The van der Waals surface area contributed by atoms with Gasteiger partial charge in [-0.25, -0.2) is 4.79 Å². The minimum atomic E-state index is -0.598. The third-order valence-corrected chi connectivity index (χ3v) is 9.44. The van der Waals surface area contributed by atoms with E-state index in [2.05, 4.69) is 55.8 Å². The van der Waals surface area contributed by atoms with E-state index in [9.17, 15) is 14.4 Å². The molecule has 7 aromatic rings. The monoisotopic (exact) mass is 709 g/mol. The van der Waals surface area contributed by atoms with Crippen LogP contribution in [0.1, 0.15) is 47.1 Å². The van der Waals surface area contributed by atoms with Gasteiger partial charge >= 0.3 is 5.97 Å². The molecule has 0 spiro atoms. The zero-order valence-corrected chi connectivity index (χ0v) is 29.4. The third kappa shape index (κ3) is 8.04. The number of benzene rings is 4. The lowest BCUT2D eigenvalue weighted by Gasteiger charge is -2.17. The second-order valence-corrected chi connectivity index (χ2v) is 13.4. The van der Waals surface area contributed by atoms with E-state index in [-0.39, 0.29) is 23.4 Å². The minimum absolute atomic E-state index is 0.0604. The number of amides is 2. The Morgan fingerprint density at radius 3 is 2.48 bits per heavy atom. The SMILES string of the molecule is CN(CCc1ccc(NC(=O)c2ccc(C(=O)OCc3cncs3)cc2NC(=O)c2cnc3ccccc3c2)cc1)Cc1ccc2c(cnn2C)c1. The normalized spacial score (nSPS) is 11.2. The molecule has 7 rings (SSSR count). The zero-order valence-electron chi connectivity index (χ0n) is 28.6. The highest BCUT2D eigenvalue weighted by molar-refractivity contribution is 7.09. The molecule has 52 heavy (non-hydrogen) atoms. The van der Waals surface area contributed by atoms with E-state index in [1.807, 2.05) is 66.5 Å². The molecule has 0 bridgehead atoms.